The molecule has 0 aromatic carbocycles. The maximum absolute atomic E-state index is 13.1. The Morgan fingerprint density at radius 3 is 2.68 bits per heavy atom. The number of amides is 1. The zero-order valence-corrected chi connectivity index (χ0v) is 17.5. The summed E-state index contributed by atoms with van der Waals surface area (Å²) in [5.74, 6) is 1.74. The van der Waals surface area contributed by atoms with Crippen LogP contribution in [0.1, 0.15) is 78.1 Å². The number of hydrogen-bond acceptors (Lipinski definition) is 4. The van der Waals surface area contributed by atoms with Gasteiger partial charge in [0.2, 0.25) is 5.91 Å². The van der Waals surface area contributed by atoms with Gasteiger partial charge in [0.25, 0.3) is 0 Å². The quantitative estimate of drug-likeness (QED) is 0.775. The summed E-state index contributed by atoms with van der Waals surface area (Å²) in [7, 11) is 0. The lowest BCUT2D eigenvalue weighted by molar-refractivity contribution is -0.156. The molecule has 0 aromatic heterocycles. The summed E-state index contributed by atoms with van der Waals surface area (Å²) >= 11 is 0. The molecule has 156 valence electrons. The highest BCUT2D eigenvalue weighted by molar-refractivity contribution is 5.90. The maximum Gasteiger partial charge on any atom is 0.220 e. The topological polar surface area (TPSA) is 89.3 Å². The monoisotopic (exact) mass is 388 g/mol. The Morgan fingerprint density at radius 1 is 1.14 bits per heavy atom. The van der Waals surface area contributed by atoms with Crippen LogP contribution < -0.4 is 11.1 Å². The van der Waals surface area contributed by atoms with Crippen LogP contribution in [0.25, 0.3) is 0 Å². The Hall–Kier alpha value is -1.23. The van der Waals surface area contributed by atoms with E-state index >= 15 is 0 Å². The van der Waals surface area contributed by atoms with Crippen LogP contribution in [-0.4, -0.2) is 30.1 Å². The van der Waals surface area contributed by atoms with Crippen LogP contribution in [0.15, 0.2) is 0 Å². The second kappa shape index (κ2) is 7.23. The summed E-state index contributed by atoms with van der Waals surface area (Å²) in [5.41, 5.74) is 5.24. The van der Waals surface area contributed by atoms with Gasteiger partial charge in [-0.15, -0.1) is 0 Å². The summed E-state index contributed by atoms with van der Waals surface area (Å²) in [6, 6.07) is -0.118. The number of ketones is 2. The van der Waals surface area contributed by atoms with E-state index in [1.165, 1.54) is 12.8 Å². The second-order valence-electron chi connectivity index (χ2n) is 10.4. The summed E-state index contributed by atoms with van der Waals surface area (Å²) < 4.78 is 0. The maximum atomic E-state index is 13.1. The van der Waals surface area contributed by atoms with E-state index in [9.17, 15) is 14.4 Å². The Labute approximate surface area is 168 Å². The number of rotatable bonds is 4. The molecule has 4 saturated carbocycles. The van der Waals surface area contributed by atoms with E-state index in [2.05, 4.69) is 19.2 Å². The van der Waals surface area contributed by atoms with Crippen molar-refractivity contribution in [2.45, 2.75) is 84.1 Å². The third-order valence-electron chi connectivity index (χ3n) is 9.05. The molecule has 4 rings (SSSR count). The average molecular weight is 389 g/mol. The molecule has 4 aliphatic carbocycles. The number of Topliss-reactive ketones (excluding diaryl/α,β-unsaturated/α-hetero) is 2. The molecular formula is C23H36N2O3. The number of fused-ring (bicyclic) bond motifs is 5. The number of carbonyl (C=O) groups is 3. The molecule has 0 radical (unpaired) electrons. The predicted molar refractivity (Wildman–Crippen MR) is 107 cm³/mol. The fourth-order valence-corrected chi connectivity index (χ4v) is 7.66. The first kappa shape index (κ1) is 20.1. The van der Waals surface area contributed by atoms with Crippen molar-refractivity contribution in [2.24, 2.45) is 40.2 Å². The zero-order valence-electron chi connectivity index (χ0n) is 17.5. The summed E-state index contributed by atoms with van der Waals surface area (Å²) in [6.07, 6.45) is 8.62. The van der Waals surface area contributed by atoms with Crippen LogP contribution in [0.3, 0.4) is 0 Å². The van der Waals surface area contributed by atoms with Crippen LogP contribution in [0, 0.1) is 34.5 Å². The van der Waals surface area contributed by atoms with Gasteiger partial charge in [0.15, 0.2) is 0 Å². The van der Waals surface area contributed by atoms with Crippen LogP contribution in [-0.2, 0) is 14.4 Å². The number of nitrogens with one attached hydrogen (secondary N) is 1. The highest BCUT2D eigenvalue weighted by Crippen LogP contribution is 2.64. The molecule has 1 unspecified atom stereocenters. The molecule has 28 heavy (non-hydrogen) atoms. The van der Waals surface area contributed by atoms with Gasteiger partial charge in [-0.3, -0.25) is 14.4 Å². The minimum absolute atomic E-state index is 0.00138. The molecular weight excluding hydrogens is 352 g/mol. The molecule has 0 heterocycles. The van der Waals surface area contributed by atoms with Crippen molar-refractivity contribution in [3.63, 3.8) is 0 Å². The van der Waals surface area contributed by atoms with E-state index in [0.29, 0.717) is 43.9 Å². The van der Waals surface area contributed by atoms with Crippen molar-refractivity contribution in [1.82, 2.24) is 5.32 Å². The first-order valence-corrected chi connectivity index (χ1v) is 11.4. The van der Waals surface area contributed by atoms with Crippen molar-refractivity contribution in [3.05, 3.63) is 0 Å². The van der Waals surface area contributed by atoms with Gasteiger partial charge in [0.1, 0.15) is 11.6 Å². The van der Waals surface area contributed by atoms with Crippen LogP contribution in [0.2, 0.25) is 0 Å². The fraction of sp³-hybridized carbons (Fsp3) is 0.870. The van der Waals surface area contributed by atoms with Crippen molar-refractivity contribution in [3.8, 4) is 0 Å². The van der Waals surface area contributed by atoms with Crippen LogP contribution >= 0.6 is 0 Å². The lowest BCUT2D eigenvalue weighted by Crippen LogP contribution is -2.58. The number of carbonyl (C=O) groups excluding carboxylic acids is 3. The van der Waals surface area contributed by atoms with Gasteiger partial charge >= 0.3 is 0 Å². The highest BCUT2D eigenvalue weighted by atomic mass is 16.2. The largest absolute Gasteiger partial charge is 0.353 e. The fourth-order valence-electron chi connectivity index (χ4n) is 7.66. The normalized spacial score (nSPS) is 45.2. The van der Waals surface area contributed by atoms with E-state index < -0.39 is 0 Å². The van der Waals surface area contributed by atoms with Crippen molar-refractivity contribution < 1.29 is 14.4 Å². The molecule has 0 aromatic rings. The molecule has 4 aliphatic rings. The molecule has 0 aliphatic heterocycles. The summed E-state index contributed by atoms with van der Waals surface area (Å²) in [5, 5.41) is 3.17. The number of nitrogens with two attached hydrogens (primary N) is 1. The first-order valence-electron chi connectivity index (χ1n) is 11.4. The molecule has 5 nitrogen and oxygen atoms in total. The Balaban J connectivity index is 1.62. The van der Waals surface area contributed by atoms with Gasteiger partial charge in [0.05, 0.1) is 0 Å². The molecule has 0 spiro atoms. The Morgan fingerprint density at radius 2 is 1.93 bits per heavy atom. The zero-order chi connectivity index (χ0) is 20.1. The Bertz CT molecular complexity index is 677. The Kier molecular flexibility index (Phi) is 5.18. The van der Waals surface area contributed by atoms with Crippen molar-refractivity contribution in [1.29, 1.82) is 0 Å². The molecule has 0 bridgehead atoms. The summed E-state index contributed by atoms with van der Waals surface area (Å²) in [4.78, 5) is 38.6. The first-order chi connectivity index (χ1) is 13.3. The van der Waals surface area contributed by atoms with Gasteiger partial charge in [-0.2, -0.15) is 0 Å². The van der Waals surface area contributed by atoms with Crippen molar-refractivity contribution >= 4 is 17.5 Å². The standard InChI is InChI=1S/C23H36N2O3/c1-22-9-4-3-6-16(22)18(26)12-14-15(22)8-10-23(2)19(27)13-17(21(14)23)25-20(28)7-5-11-24/h14-17,21H,3-13,24H2,1-2H3,(H,25,28)/t14-,15+,16-,17?,21-,22-,23-/m1/s1. The van der Waals surface area contributed by atoms with Gasteiger partial charge in [-0.05, 0) is 61.8 Å². The highest BCUT2D eigenvalue weighted by Gasteiger charge is 2.64. The third kappa shape index (κ3) is 2.96. The van der Waals surface area contributed by atoms with Gasteiger partial charge < -0.3 is 11.1 Å². The molecule has 4 fully saturated rings. The van der Waals surface area contributed by atoms with E-state index in [1.54, 1.807) is 0 Å². The SMILES string of the molecule is C[C@]12CCCC[C@@H]1C(=O)C[C@@H]1[C@@H]2CC[C@]2(C)C(=O)CC(NC(=O)CCCN)[C@@H]12. The number of hydrogen-bond donors (Lipinski definition) is 2. The minimum Gasteiger partial charge on any atom is -0.353 e. The van der Waals surface area contributed by atoms with Gasteiger partial charge in [-0.25, -0.2) is 0 Å². The second-order valence-corrected chi connectivity index (χ2v) is 10.4. The van der Waals surface area contributed by atoms with Gasteiger partial charge in [0, 0.05) is 36.6 Å². The summed E-state index contributed by atoms with van der Waals surface area (Å²) in [6.45, 7) is 4.94. The lowest BCUT2D eigenvalue weighted by Gasteiger charge is -2.59. The minimum atomic E-state index is -0.384. The van der Waals surface area contributed by atoms with E-state index in [4.69, 9.17) is 5.73 Å². The van der Waals surface area contributed by atoms with Crippen LogP contribution in [0.4, 0.5) is 0 Å². The van der Waals surface area contributed by atoms with E-state index in [-0.39, 0.29) is 46.3 Å². The molecule has 3 N–H and O–H groups in total. The lowest BCUT2D eigenvalue weighted by atomic mass is 9.45. The predicted octanol–water partition coefficient (Wildman–Crippen LogP) is 3.00. The molecule has 7 atom stereocenters. The molecule has 0 saturated heterocycles. The average Bonchev–Trinajstić information content (AvgIpc) is 2.90. The van der Waals surface area contributed by atoms with Crippen molar-refractivity contribution in [2.75, 3.05) is 6.54 Å². The van der Waals surface area contributed by atoms with Crippen LogP contribution in [0.5, 0.6) is 0 Å². The third-order valence-corrected chi connectivity index (χ3v) is 9.05. The van der Waals surface area contributed by atoms with E-state index in [0.717, 1.165) is 25.7 Å². The molecule has 1 amide bonds. The van der Waals surface area contributed by atoms with E-state index in [1.807, 2.05) is 0 Å². The molecule has 5 heteroatoms. The smallest absolute Gasteiger partial charge is 0.220 e. The van der Waals surface area contributed by atoms with Gasteiger partial charge in [-0.1, -0.05) is 26.7 Å².